The third-order valence-electron chi connectivity index (χ3n) is 8.17. The molecule has 10 nitrogen and oxygen atoms in total. The fourth-order valence-corrected chi connectivity index (χ4v) is 6.19. The minimum Gasteiger partial charge on any atom is -0.489 e. The Labute approximate surface area is 241 Å². The van der Waals surface area contributed by atoms with Crippen LogP contribution in [0.25, 0.3) is 16.6 Å². The van der Waals surface area contributed by atoms with E-state index in [0.717, 1.165) is 30.0 Å². The number of nitriles is 1. The van der Waals surface area contributed by atoms with Crippen LogP contribution in [0.4, 0.5) is 5.82 Å². The zero-order chi connectivity index (χ0) is 28.9. The molecule has 0 saturated carbocycles. The molecule has 3 aliphatic rings. The molecule has 2 atom stereocenters. The standard InChI is InChI=1S/C29H33B2N7O3/c1-28(2,39)17-41-23-9-24(27-19(10-32)12-35-37(27)16-23)18-4-6-25(33-11-18)36-14-21-8-22(15-36)38(21)29(30,31)20-5-7-26(40-3)34-13-20/h4-7,9,11-13,16,21-22,39H,8,14-15,17,30-31H2,1-3H3. The highest BCUT2D eigenvalue weighted by Gasteiger charge is 2.51. The van der Waals surface area contributed by atoms with Gasteiger partial charge < -0.3 is 19.5 Å². The van der Waals surface area contributed by atoms with Crippen molar-refractivity contribution in [1.29, 1.82) is 5.26 Å². The zero-order valence-electron chi connectivity index (χ0n) is 24.1. The van der Waals surface area contributed by atoms with Gasteiger partial charge in [-0.1, -0.05) is 6.07 Å². The number of piperidine rings is 1. The van der Waals surface area contributed by atoms with E-state index in [1.54, 1.807) is 37.9 Å². The molecule has 4 aromatic rings. The quantitative estimate of drug-likeness (QED) is 0.324. The van der Waals surface area contributed by atoms with E-state index in [1.807, 2.05) is 36.7 Å². The van der Waals surface area contributed by atoms with Gasteiger partial charge in [0.1, 0.15) is 39.9 Å². The normalized spacial score (nSPS) is 19.0. The molecule has 12 heteroatoms. The first-order valence-electron chi connectivity index (χ1n) is 13.8. The number of fused-ring (bicyclic) bond motifs is 3. The molecule has 3 aliphatic heterocycles. The number of hydrogen-bond donors (Lipinski definition) is 1. The molecule has 41 heavy (non-hydrogen) atoms. The molecule has 2 bridgehead atoms. The van der Waals surface area contributed by atoms with Crippen molar-refractivity contribution in [3.05, 3.63) is 66.2 Å². The molecule has 2 unspecified atom stereocenters. The highest BCUT2D eigenvalue weighted by Crippen LogP contribution is 2.41. The molecule has 1 N–H and O–H groups in total. The maximum Gasteiger partial charge on any atom is 0.212 e. The SMILES string of the molecule is BC(B)(c1ccc(OC)nc1)N1C2CC1CN(c1ccc(-c3cc(OCC(C)(C)O)cn4ncc(C#N)c34)cn1)C2. The Morgan fingerprint density at radius 1 is 1.10 bits per heavy atom. The van der Waals surface area contributed by atoms with Crippen molar-refractivity contribution in [3.63, 3.8) is 0 Å². The smallest absolute Gasteiger partial charge is 0.212 e. The predicted molar refractivity (Wildman–Crippen MR) is 161 cm³/mol. The summed E-state index contributed by atoms with van der Waals surface area (Å²) < 4.78 is 12.8. The molecule has 0 amide bonds. The first-order chi connectivity index (χ1) is 19.6. The van der Waals surface area contributed by atoms with Crippen LogP contribution in [-0.2, 0) is 5.34 Å². The average Bonchev–Trinajstić information content (AvgIpc) is 3.38. The van der Waals surface area contributed by atoms with E-state index in [1.165, 1.54) is 12.0 Å². The summed E-state index contributed by atoms with van der Waals surface area (Å²) in [5.74, 6) is 2.11. The first-order valence-corrected chi connectivity index (χ1v) is 13.8. The fourth-order valence-electron chi connectivity index (χ4n) is 6.19. The number of pyridine rings is 3. The summed E-state index contributed by atoms with van der Waals surface area (Å²) in [4.78, 5) is 14.3. The second-order valence-electron chi connectivity index (χ2n) is 12.1. The number of piperazine rings is 1. The van der Waals surface area contributed by atoms with Crippen molar-refractivity contribution in [2.45, 2.75) is 43.3 Å². The number of aliphatic hydroxyl groups is 1. The van der Waals surface area contributed by atoms with E-state index in [0.29, 0.717) is 34.8 Å². The van der Waals surface area contributed by atoms with Crippen molar-refractivity contribution in [3.8, 4) is 28.8 Å². The van der Waals surface area contributed by atoms with Crippen LogP contribution < -0.4 is 14.4 Å². The Hall–Kier alpha value is -4.07. The highest BCUT2D eigenvalue weighted by molar-refractivity contribution is 6.39. The van der Waals surface area contributed by atoms with Crippen LogP contribution in [0.2, 0.25) is 0 Å². The molecule has 0 aromatic carbocycles. The molecule has 7 heterocycles. The van der Waals surface area contributed by atoms with Gasteiger partial charge in [-0.25, -0.2) is 14.5 Å². The number of aromatic nitrogens is 4. The molecule has 0 spiro atoms. The average molecular weight is 549 g/mol. The lowest BCUT2D eigenvalue weighted by Crippen LogP contribution is -2.74. The highest BCUT2D eigenvalue weighted by atomic mass is 16.5. The second-order valence-corrected chi connectivity index (χ2v) is 12.1. The van der Waals surface area contributed by atoms with Crippen LogP contribution in [0.3, 0.4) is 0 Å². The van der Waals surface area contributed by atoms with Crippen molar-refractivity contribution in [2.75, 3.05) is 31.7 Å². The monoisotopic (exact) mass is 549 g/mol. The molecule has 3 fully saturated rings. The number of rotatable bonds is 8. The summed E-state index contributed by atoms with van der Waals surface area (Å²) in [7, 11) is 6.17. The van der Waals surface area contributed by atoms with Gasteiger partial charge in [0.25, 0.3) is 0 Å². The summed E-state index contributed by atoms with van der Waals surface area (Å²) >= 11 is 0. The lowest BCUT2D eigenvalue weighted by molar-refractivity contribution is -0.0304. The Balaban J connectivity index is 1.22. The van der Waals surface area contributed by atoms with Gasteiger partial charge in [0.15, 0.2) is 0 Å². The van der Waals surface area contributed by atoms with E-state index in [4.69, 9.17) is 14.5 Å². The van der Waals surface area contributed by atoms with Crippen LogP contribution in [0.1, 0.15) is 31.4 Å². The summed E-state index contributed by atoms with van der Waals surface area (Å²) in [6, 6.07) is 13.1. The van der Waals surface area contributed by atoms with E-state index >= 15 is 0 Å². The number of anilines is 1. The molecule has 0 radical (unpaired) electrons. The third-order valence-corrected chi connectivity index (χ3v) is 8.17. The lowest BCUT2D eigenvalue weighted by atomic mass is 9.54. The summed E-state index contributed by atoms with van der Waals surface area (Å²) in [5, 5.41) is 24.0. The second kappa shape index (κ2) is 10.1. The van der Waals surface area contributed by atoms with Gasteiger partial charge in [0.05, 0.1) is 36.2 Å². The van der Waals surface area contributed by atoms with Gasteiger partial charge in [0.2, 0.25) is 5.88 Å². The Morgan fingerprint density at radius 2 is 1.88 bits per heavy atom. The van der Waals surface area contributed by atoms with Crippen LogP contribution in [0.15, 0.2) is 55.1 Å². The topological polar surface area (TPSA) is 112 Å². The van der Waals surface area contributed by atoms with Crippen molar-refractivity contribution < 1.29 is 14.6 Å². The first kappa shape index (κ1) is 27.1. The Bertz CT molecular complexity index is 1600. The lowest BCUT2D eigenvalue weighted by Gasteiger charge is -2.62. The van der Waals surface area contributed by atoms with E-state index in [-0.39, 0.29) is 11.9 Å². The minimum atomic E-state index is -0.980. The molecular weight excluding hydrogens is 516 g/mol. The van der Waals surface area contributed by atoms with Gasteiger partial charge in [-0.3, -0.25) is 4.90 Å². The van der Waals surface area contributed by atoms with Gasteiger partial charge in [-0.15, -0.1) is 0 Å². The van der Waals surface area contributed by atoms with E-state index in [2.05, 4.69) is 47.7 Å². The molecular formula is C29H33B2N7O3. The summed E-state index contributed by atoms with van der Waals surface area (Å²) in [6.45, 7) is 5.32. The summed E-state index contributed by atoms with van der Waals surface area (Å²) in [5.41, 5.74) is 3.04. The number of ether oxygens (including phenoxy) is 2. The molecule has 4 aromatic heterocycles. The van der Waals surface area contributed by atoms with Crippen molar-refractivity contribution in [1.82, 2.24) is 24.5 Å². The van der Waals surface area contributed by atoms with Crippen molar-refractivity contribution in [2.24, 2.45) is 0 Å². The maximum absolute atomic E-state index is 10.1. The number of hydrogen-bond acceptors (Lipinski definition) is 9. The minimum absolute atomic E-state index is 0.127. The molecule has 3 saturated heterocycles. The van der Waals surface area contributed by atoms with Crippen LogP contribution in [-0.4, -0.2) is 89.8 Å². The van der Waals surface area contributed by atoms with Gasteiger partial charge in [-0.05, 0) is 49.4 Å². The fraction of sp³-hybridized carbons (Fsp3) is 0.379. The zero-order valence-corrected chi connectivity index (χ0v) is 24.1. The Kier molecular flexibility index (Phi) is 6.67. The maximum atomic E-state index is 10.1. The van der Waals surface area contributed by atoms with Gasteiger partial charge in [0, 0.05) is 54.8 Å². The van der Waals surface area contributed by atoms with Crippen molar-refractivity contribution >= 4 is 27.0 Å². The van der Waals surface area contributed by atoms with E-state index < -0.39 is 5.60 Å². The van der Waals surface area contributed by atoms with Crippen LogP contribution >= 0.6 is 0 Å². The van der Waals surface area contributed by atoms with Gasteiger partial charge in [-0.2, -0.15) is 10.4 Å². The molecule has 7 rings (SSSR count). The third kappa shape index (κ3) is 5.00. The van der Waals surface area contributed by atoms with E-state index in [9.17, 15) is 10.4 Å². The van der Waals surface area contributed by atoms with Crippen LogP contribution in [0, 0.1) is 11.3 Å². The molecule has 0 aliphatic carbocycles. The number of methoxy groups -OCH3 is 1. The number of nitrogens with zero attached hydrogens (tertiary/aromatic N) is 7. The van der Waals surface area contributed by atoms with Crippen LogP contribution in [0.5, 0.6) is 11.6 Å². The van der Waals surface area contributed by atoms with Gasteiger partial charge >= 0.3 is 0 Å². The molecule has 208 valence electrons. The predicted octanol–water partition coefficient (Wildman–Crippen LogP) is 1.16. The Morgan fingerprint density at radius 3 is 2.49 bits per heavy atom. The summed E-state index contributed by atoms with van der Waals surface area (Å²) in [6.07, 6.45) is 8.22. The largest absolute Gasteiger partial charge is 0.489 e.